The Bertz CT molecular complexity index is 575. The first-order chi connectivity index (χ1) is 12.3. The van der Waals surface area contributed by atoms with Gasteiger partial charge in [0, 0.05) is 51.5 Å². The normalized spacial score (nSPS) is 18.6. The lowest BCUT2D eigenvalue weighted by Gasteiger charge is -2.36. The molecule has 0 aromatic heterocycles. The minimum absolute atomic E-state index is 0.127. The van der Waals surface area contributed by atoms with Crippen LogP contribution in [0.1, 0.15) is 19.8 Å². The molecule has 0 saturated carbocycles. The molecule has 2 fully saturated rings. The molecule has 0 radical (unpaired) electrons. The van der Waals surface area contributed by atoms with E-state index in [1.54, 1.807) is 0 Å². The molecule has 0 atom stereocenters. The lowest BCUT2D eigenvalue weighted by atomic mass is 10.2. The summed E-state index contributed by atoms with van der Waals surface area (Å²) in [6.07, 6.45) is 2.42. The number of carbonyl (C=O) groups excluding carboxylic acids is 1. The molecule has 1 N–H and O–H groups in total. The number of rotatable bonds is 4. The van der Waals surface area contributed by atoms with Crippen LogP contribution in [0.4, 0.5) is 5.69 Å². The Hall–Kier alpha value is -2.24. The van der Waals surface area contributed by atoms with Gasteiger partial charge in [-0.1, -0.05) is 18.2 Å². The van der Waals surface area contributed by atoms with Crippen LogP contribution in [0.5, 0.6) is 0 Å². The summed E-state index contributed by atoms with van der Waals surface area (Å²) < 4.78 is 0. The van der Waals surface area contributed by atoms with Gasteiger partial charge in [-0.15, -0.1) is 0 Å². The number of piperazine rings is 1. The van der Waals surface area contributed by atoms with Crippen LogP contribution < -0.4 is 10.2 Å². The Labute approximate surface area is 150 Å². The number of aliphatic imine (C=N–C) groups is 1. The van der Waals surface area contributed by atoms with Crippen molar-refractivity contribution in [2.45, 2.75) is 19.8 Å². The molecule has 0 spiro atoms. The van der Waals surface area contributed by atoms with Crippen LogP contribution in [-0.4, -0.2) is 74.0 Å². The van der Waals surface area contributed by atoms with Gasteiger partial charge in [-0.2, -0.15) is 0 Å². The van der Waals surface area contributed by atoms with Gasteiger partial charge in [0.05, 0.1) is 0 Å². The van der Waals surface area contributed by atoms with Crippen molar-refractivity contribution in [1.82, 2.24) is 15.1 Å². The Kier molecular flexibility index (Phi) is 6.14. The summed E-state index contributed by atoms with van der Waals surface area (Å²) in [6, 6.07) is 10.4. The molecule has 0 bridgehead atoms. The second kappa shape index (κ2) is 8.74. The Morgan fingerprint density at radius 2 is 1.68 bits per heavy atom. The first-order valence-corrected chi connectivity index (χ1v) is 9.39. The van der Waals surface area contributed by atoms with Crippen LogP contribution in [-0.2, 0) is 4.79 Å². The molecule has 3 rings (SSSR count). The number of benzene rings is 1. The van der Waals surface area contributed by atoms with Gasteiger partial charge in [0.1, 0.15) is 6.54 Å². The molecule has 136 valence electrons. The molecule has 25 heavy (non-hydrogen) atoms. The van der Waals surface area contributed by atoms with E-state index < -0.39 is 0 Å². The predicted octanol–water partition coefficient (Wildman–Crippen LogP) is 1.40. The molecule has 2 aliphatic heterocycles. The van der Waals surface area contributed by atoms with E-state index in [9.17, 15) is 4.79 Å². The zero-order chi connectivity index (χ0) is 17.5. The van der Waals surface area contributed by atoms with E-state index in [0.717, 1.165) is 51.8 Å². The molecule has 6 heteroatoms. The average molecular weight is 343 g/mol. The van der Waals surface area contributed by atoms with Crippen LogP contribution in [0.2, 0.25) is 0 Å². The van der Waals surface area contributed by atoms with Gasteiger partial charge >= 0.3 is 0 Å². The summed E-state index contributed by atoms with van der Waals surface area (Å²) in [5.74, 6) is 1.01. The fraction of sp³-hybridized carbons (Fsp3) is 0.579. The van der Waals surface area contributed by atoms with Gasteiger partial charge in [-0.3, -0.25) is 4.79 Å². The Balaban J connectivity index is 1.51. The van der Waals surface area contributed by atoms with E-state index >= 15 is 0 Å². The number of nitrogens with one attached hydrogen (secondary N) is 1. The standard InChI is InChI=1S/C19H29N5O/c1-2-20-19(24-10-6-7-11-24)21-16-18(25)23-14-12-22(13-15-23)17-8-4-3-5-9-17/h3-5,8-9H,2,6-7,10-16H2,1H3,(H,20,21). The minimum atomic E-state index is 0.127. The number of anilines is 1. The highest BCUT2D eigenvalue weighted by Gasteiger charge is 2.22. The summed E-state index contributed by atoms with van der Waals surface area (Å²) in [5.41, 5.74) is 1.23. The van der Waals surface area contributed by atoms with E-state index in [-0.39, 0.29) is 12.5 Å². The third-order valence-corrected chi connectivity index (χ3v) is 4.86. The van der Waals surface area contributed by atoms with Gasteiger partial charge in [-0.25, -0.2) is 4.99 Å². The number of likely N-dealkylation sites (tertiary alicyclic amines) is 1. The highest BCUT2D eigenvalue weighted by atomic mass is 16.2. The van der Waals surface area contributed by atoms with Crippen molar-refractivity contribution >= 4 is 17.6 Å². The van der Waals surface area contributed by atoms with Crippen molar-refractivity contribution in [2.75, 3.05) is 57.3 Å². The van der Waals surface area contributed by atoms with Crippen molar-refractivity contribution < 1.29 is 4.79 Å². The number of hydrogen-bond acceptors (Lipinski definition) is 3. The van der Waals surface area contributed by atoms with Gasteiger partial charge in [0.25, 0.3) is 0 Å². The van der Waals surface area contributed by atoms with Crippen LogP contribution in [0.15, 0.2) is 35.3 Å². The number of hydrogen-bond donors (Lipinski definition) is 1. The topological polar surface area (TPSA) is 51.2 Å². The number of guanidine groups is 1. The quantitative estimate of drug-likeness (QED) is 0.663. The predicted molar refractivity (Wildman–Crippen MR) is 102 cm³/mol. The number of nitrogens with zero attached hydrogens (tertiary/aromatic N) is 4. The molecule has 2 saturated heterocycles. The maximum absolute atomic E-state index is 12.5. The van der Waals surface area contributed by atoms with Gasteiger partial charge < -0.3 is 20.0 Å². The summed E-state index contributed by atoms with van der Waals surface area (Å²) >= 11 is 0. The highest BCUT2D eigenvalue weighted by molar-refractivity contribution is 5.85. The minimum Gasteiger partial charge on any atom is -0.368 e. The van der Waals surface area contributed by atoms with Crippen molar-refractivity contribution in [3.05, 3.63) is 30.3 Å². The lowest BCUT2D eigenvalue weighted by Crippen LogP contribution is -2.49. The van der Waals surface area contributed by atoms with Crippen LogP contribution in [0, 0.1) is 0 Å². The Morgan fingerprint density at radius 3 is 2.32 bits per heavy atom. The summed E-state index contributed by atoms with van der Waals surface area (Å²) in [4.78, 5) is 23.6. The smallest absolute Gasteiger partial charge is 0.244 e. The van der Waals surface area contributed by atoms with E-state index in [0.29, 0.717) is 0 Å². The molecule has 1 aromatic rings. The second-order valence-electron chi connectivity index (χ2n) is 6.57. The highest BCUT2D eigenvalue weighted by Crippen LogP contribution is 2.15. The zero-order valence-electron chi connectivity index (χ0n) is 15.2. The zero-order valence-corrected chi connectivity index (χ0v) is 15.2. The molecule has 2 aliphatic rings. The fourth-order valence-corrected chi connectivity index (χ4v) is 3.45. The van der Waals surface area contributed by atoms with Crippen molar-refractivity contribution in [1.29, 1.82) is 0 Å². The first kappa shape index (κ1) is 17.6. The third kappa shape index (κ3) is 4.65. The lowest BCUT2D eigenvalue weighted by molar-refractivity contribution is -0.129. The average Bonchev–Trinajstić information content (AvgIpc) is 3.20. The summed E-state index contributed by atoms with van der Waals surface area (Å²) in [5, 5.41) is 3.31. The SMILES string of the molecule is CCNC(=NCC(=O)N1CCN(c2ccccc2)CC1)N1CCCC1. The maximum atomic E-state index is 12.5. The third-order valence-electron chi connectivity index (χ3n) is 4.86. The maximum Gasteiger partial charge on any atom is 0.244 e. The largest absolute Gasteiger partial charge is 0.368 e. The first-order valence-electron chi connectivity index (χ1n) is 9.39. The molecule has 6 nitrogen and oxygen atoms in total. The van der Waals surface area contributed by atoms with Crippen molar-refractivity contribution in [3.63, 3.8) is 0 Å². The van der Waals surface area contributed by atoms with E-state index in [1.165, 1.54) is 18.5 Å². The van der Waals surface area contributed by atoms with Gasteiger partial charge in [0.2, 0.25) is 5.91 Å². The molecular formula is C19H29N5O. The van der Waals surface area contributed by atoms with Crippen LogP contribution in [0.3, 0.4) is 0 Å². The van der Waals surface area contributed by atoms with Crippen LogP contribution in [0.25, 0.3) is 0 Å². The number of carbonyl (C=O) groups is 1. The summed E-state index contributed by atoms with van der Waals surface area (Å²) in [7, 11) is 0. The van der Waals surface area contributed by atoms with E-state index in [2.05, 4.69) is 51.3 Å². The molecule has 0 aliphatic carbocycles. The monoisotopic (exact) mass is 343 g/mol. The van der Waals surface area contributed by atoms with E-state index in [1.807, 2.05) is 11.0 Å². The molecule has 1 aromatic carbocycles. The van der Waals surface area contributed by atoms with Crippen LogP contribution >= 0.6 is 0 Å². The molecule has 0 unspecified atom stereocenters. The number of para-hydroxylation sites is 1. The molecule has 2 heterocycles. The Morgan fingerprint density at radius 1 is 1.00 bits per heavy atom. The second-order valence-corrected chi connectivity index (χ2v) is 6.57. The fourth-order valence-electron chi connectivity index (χ4n) is 3.45. The van der Waals surface area contributed by atoms with Gasteiger partial charge in [-0.05, 0) is 31.9 Å². The van der Waals surface area contributed by atoms with Gasteiger partial charge in [0.15, 0.2) is 5.96 Å². The van der Waals surface area contributed by atoms with Crippen molar-refractivity contribution in [2.24, 2.45) is 4.99 Å². The molecular weight excluding hydrogens is 314 g/mol. The number of amides is 1. The van der Waals surface area contributed by atoms with Crippen molar-refractivity contribution in [3.8, 4) is 0 Å². The molecule has 1 amide bonds. The van der Waals surface area contributed by atoms with E-state index in [4.69, 9.17) is 0 Å². The summed E-state index contributed by atoms with van der Waals surface area (Å²) in [6.45, 7) is 8.51.